The van der Waals surface area contributed by atoms with Gasteiger partial charge in [0.05, 0.1) is 29.1 Å². The van der Waals surface area contributed by atoms with E-state index in [1.165, 1.54) is 17.7 Å². The van der Waals surface area contributed by atoms with E-state index >= 15 is 0 Å². The summed E-state index contributed by atoms with van der Waals surface area (Å²) in [5.74, 6) is 0.143. The Morgan fingerprint density at radius 2 is 2.38 bits per heavy atom. The number of hydrogen-bond acceptors (Lipinski definition) is 4. The third kappa shape index (κ3) is 2.38. The summed E-state index contributed by atoms with van der Waals surface area (Å²) in [6.07, 6.45) is 4.95. The van der Waals surface area contributed by atoms with Crippen molar-refractivity contribution >= 4 is 17.2 Å². The van der Waals surface area contributed by atoms with Crippen LogP contribution < -0.4 is 5.32 Å². The minimum absolute atomic E-state index is 0.143. The molecule has 2 N–H and O–H groups in total. The first kappa shape index (κ1) is 13.0. The van der Waals surface area contributed by atoms with E-state index in [2.05, 4.69) is 21.4 Å². The van der Waals surface area contributed by atoms with Gasteiger partial charge in [0.15, 0.2) is 0 Å². The van der Waals surface area contributed by atoms with E-state index in [4.69, 9.17) is 0 Å². The normalized spacial score (nSPS) is 21.5. The standard InChI is InChI=1S/C15H18N4OS/c20-15(19-7-5-10-12(8-19)18-9-17-10)14-4-3-13(21-14)11-2-1-6-16-11/h3-4,9,11,16H,1-2,5-8H2,(H,17,18)/t11-/m0/s1. The number of aromatic nitrogens is 2. The molecule has 21 heavy (non-hydrogen) atoms. The highest BCUT2D eigenvalue weighted by Gasteiger charge is 2.25. The summed E-state index contributed by atoms with van der Waals surface area (Å²) in [6.45, 7) is 2.48. The number of amides is 1. The molecule has 1 saturated heterocycles. The van der Waals surface area contributed by atoms with Gasteiger partial charge in [0.1, 0.15) is 0 Å². The zero-order valence-electron chi connectivity index (χ0n) is 11.8. The molecule has 4 rings (SSSR count). The molecule has 1 amide bonds. The number of aromatic amines is 1. The Hall–Kier alpha value is -1.66. The summed E-state index contributed by atoms with van der Waals surface area (Å²) in [5, 5.41) is 3.49. The fourth-order valence-electron chi connectivity index (χ4n) is 3.12. The van der Waals surface area contributed by atoms with Crippen LogP contribution in [0, 0.1) is 0 Å². The molecule has 0 saturated carbocycles. The Balaban J connectivity index is 1.50. The topological polar surface area (TPSA) is 61.0 Å². The first-order chi connectivity index (χ1) is 10.3. The number of nitrogens with one attached hydrogen (secondary N) is 2. The lowest BCUT2D eigenvalue weighted by atomic mass is 10.1. The van der Waals surface area contributed by atoms with Crippen LogP contribution in [0.15, 0.2) is 18.5 Å². The third-order valence-electron chi connectivity index (χ3n) is 4.30. The average molecular weight is 302 g/mol. The van der Waals surface area contributed by atoms with Crippen LogP contribution in [-0.2, 0) is 13.0 Å². The Kier molecular flexibility index (Phi) is 3.27. The first-order valence-electron chi connectivity index (χ1n) is 7.45. The molecular formula is C15H18N4OS. The van der Waals surface area contributed by atoms with Crippen LogP contribution in [0.1, 0.15) is 44.8 Å². The van der Waals surface area contributed by atoms with Gasteiger partial charge in [-0.3, -0.25) is 4.79 Å². The first-order valence-corrected chi connectivity index (χ1v) is 8.26. The van der Waals surface area contributed by atoms with Crippen LogP contribution in [0.4, 0.5) is 0 Å². The average Bonchev–Trinajstić information content (AvgIpc) is 3.24. The summed E-state index contributed by atoms with van der Waals surface area (Å²) in [4.78, 5) is 24.1. The number of fused-ring (bicyclic) bond motifs is 1. The second kappa shape index (κ2) is 5.27. The Labute approximate surface area is 127 Å². The molecule has 0 radical (unpaired) electrons. The highest BCUT2D eigenvalue weighted by atomic mass is 32.1. The van der Waals surface area contributed by atoms with Crippen molar-refractivity contribution in [3.05, 3.63) is 39.6 Å². The summed E-state index contributed by atoms with van der Waals surface area (Å²) in [5.41, 5.74) is 2.17. The van der Waals surface area contributed by atoms with Crippen molar-refractivity contribution in [2.45, 2.75) is 31.8 Å². The lowest BCUT2D eigenvalue weighted by Gasteiger charge is -2.25. The molecule has 1 atom stereocenters. The van der Waals surface area contributed by atoms with Gasteiger partial charge >= 0.3 is 0 Å². The van der Waals surface area contributed by atoms with Gasteiger partial charge < -0.3 is 15.2 Å². The summed E-state index contributed by atoms with van der Waals surface area (Å²) in [6, 6.07) is 4.52. The van der Waals surface area contributed by atoms with Gasteiger partial charge in [-0.1, -0.05) is 0 Å². The number of imidazole rings is 1. The van der Waals surface area contributed by atoms with E-state index in [0.717, 1.165) is 35.8 Å². The fourth-order valence-corrected chi connectivity index (χ4v) is 4.21. The van der Waals surface area contributed by atoms with Crippen LogP contribution >= 0.6 is 11.3 Å². The quantitative estimate of drug-likeness (QED) is 0.893. The summed E-state index contributed by atoms with van der Waals surface area (Å²) < 4.78 is 0. The van der Waals surface area contributed by atoms with E-state index < -0.39 is 0 Å². The van der Waals surface area contributed by atoms with E-state index in [0.29, 0.717) is 12.6 Å². The molecule has 4 heterocycles. The molecule has 6 heteroatoms. The maximum atomic E-state index is 12.6. The van der Waals surface area contributed by atoms with Crippen molar-refractivity contribution in [2.24, 2.45) is 0 Å². The molecule has 0 aliphatic carbocycles. The van der Waals surface area contributed by atoms with Gasteiger partial charge in [-0.15, -0.1) is 11.3 Å². The summed E-state index contributed by atoms with van der Waals surface area (Å²) in [7, 11) is 0. The van der Waals surface area contributed by atoms with Crippen LogP contribution in [0.3, 0.4) is 0 Å². The van der Waals surface area contributed by atoms with Crippen LogP contribution in [-0.4, -0.2) is 33.9 Å². The molecule has 110 valence electrons. The molecule has 2 aliphatic heterocycles. The smallest absolute Gasteiger partial charge is 0.264 e. The van der Waals surface area contributed by atoms with Gasteiger partial charge in [-0.2, -0.15) is 0 Å². The maximum Gasteiger partial charge on any atom is 0.264 e. The molecule has 5 nitrogen and oxygen atoms in total. The molecule has 0 bridgehead atoms. The van der Waals surface area contributed by atoms with E-state index in [1.54, 1.807) is 17.7 Å². The minimum Gasteiger partial charge on any atom is -0.347 e. The van der Waals surface area contributed by atoms with Gasteiger partial charge in [-0.05, 0) is 31.5 Å². The van der Waals surface area contributed by atoms with Crippen molar-refractivity contribution in [3.63, 3.8) is 0 Å². The molecular weight excluding hydrogens is 284 g/mol. The predicted molar refractivity (Wildman–Crippen MR) is 81.3 cm³/mol. The van der Waals surface area contributed by atoms with Crippen molar-refractivity contribution in [3.8, 4) is 0 Å². The maximum absolute atomic E-state index is 12.6. The van der Waals surface area contributed by atoms with Crippen LogP contribution in [0.25, 0.3) is 0 Å². The second-order valence-corrected chi connectivity index (χ2v) is 6.77. The Morgan fingerprint density at radius 3 is 3.24 bits per heavy atom. The van der Waals surface area contributed by atoms with Gasteiger partial charge in [0.2, 0.25) is 0 Å². The molecule has 0 spiro atoms. The number of carbonyl (C=O) groups is 1. The molecule has 0 unspecified atom stereocenters. The van der Waals surface area contributed by atoms with Gasteiger partial charge in [0, 0.05) is 23.9 Å². The lowest BCUT2D eigenvalue weighted by molar-refractivity contribution is 0.0737. The second-order valence-electron chi connectivity index (χ2n) is 5.66. The molecule has 0 aromatic carbocycles. The zero-order chi connectivity index (χ0) is 14.2. The number of nitrogens with zero attached hydrogens (tertiary/aromatic N) is 2. The Morgan fingerprint density at radius 1 is 1.43 bits per heavy atom. The third-order valence-corrected chi connectivity index (χ3v) is 5.49. The summed E-state index contributed by atoms with van der Waals surface area (Å²) >= 11 is 1.64. The van der Waals surface area contributed by atoms with Gasteiger partial charge in [-0.25, -0.2) is 4.98 Å². The number of carbonyl (C=O) groups excluding carboxylic acids is 1. The van der Waals surface area contributed by atoms with Crippen molar-refractivity contribution in [1.82, 2.24) is 20.2 Å². The SMILES string of the molecule is O=C(c1ccc([C@@H]2CCCN2)s1)N1CCc2nc[nH]c2C1. The predicted octanol–water partition coefficient (Wildman–Crippen LogP) is 2.09. The number of rotatable bonds is 2. The zero-order valence-corrected chi connectivity index (χ0v) is 12.6. The lowest BCUT2D eigenvalue weighted by Crippen LogP contribution is -2.35. The van der Waals surface area contributed by atoms with Crippen LogP contribution in [0.2, 0.25) is 0 Å². The molecule has 2 aliphatic rings. The Bertz CT molecular complexity index is 656. The van der Waals surface area contributed by atoms with Crippen molar-refractivity contribution in [2.75, 3.05) is 13.1 Å². The number of H-pyrrole nitrogens is 1. The molecule has 1 fully saturated rings. The largest absolute Gasteiger partial charge is 0.347 e. The number of hydrogen-bond donors (Lipinski definition) is 2. The van der Waals surface area contributed by atoms with Crippen LogP contribution in [0.5, 0.6) is 0 Å². The number of thiophene rings is 1. The van der Waals surface area contributed by atoms with E-state index in [-0.39, 0.29) is 5.91 Å². The van der Waals surface area contributed by atoms with E-state index in [9.17, 15) is 4.79 Å². The molecule has 2 aromatic heterocycles. The highest BCUT2D eigenvalue weighted by Crippen LogP contribution is 2.30. The molecule has 2 aromatic rings. The van der Waals surface area contributed by atoms with Gasteiger partial charge in [0.25, 0.3) is 5.91 Å². The van der Waals surface area contributed by atoms with E-state index in [1.807, 2.05) is 11.0 Å². The van der Waals surface area contributed by atoms with Crippen molar-refractivity contribution in [1.29, 1.82) is 0 Å². The highest BCUT2D eigenvalue weighted by molar-refractivity contribution is 7.14. The monoisotopic (exact) mass is 302 g/mol. The fraction of sp³-hybridized carbons (Fsp3) is 0.467. The van der Waals surface area contributed by atoms with Crippen molar-refractivity contribution < 1.29 is 4.79 Å². The minimum atomic E-state index is 0.143.